The van der Waals surface area contributed by atoms with Crippen LogP contribution in [0.3, 0.4) is 0 Å². The second kappa shape index (κ2) is 5.21. The molecule has 0 unspecified atom stereocenters. The Labute approximate surface area is 111 Å². The molecule has 5 nitrogen and oxygen atoms in total. The van der Waals surface area contributed by atoms with Gasteiger partial charge in [0, 0.05) is 24.8 Å². The van der Waals surface area contributed by atoms with Gasteiger partial charge in [-0.3, -0.25) is 4.68 Å². The summed E-state index contributed by atoms with van der Waals surface area (Å²) < 4.78 is 28.6. The van der Waals surface area contributed by atoms with Crippen molar-refractivity contribution in [2.24, 2.45) is 0 Å². The van der Waals surface area contributed by atoms with E-state index in [1.807, 2.05) is 20.0 Å². The van der Waals surface area contributed by atoms with Gasteiger partial charge in [0.15, 0.2) is 0 Å². The highest BCUT2D eigenvalue weighted by molar-refractivity contribution is 7.91. The van der Waals surface area contributed by atoms with E-state index in [0.717, 1.165) is 17.8 Å². The van der Waals surface area contributed by atoms with Crippen molar-refractivity contribution in [1.29, 1.82) is 0 Å². The van der Waals surface area contributed by atoms with Crippen LogP contribution in [0.25, 0.3) is 0 Å². The second-order valence-corrected chi connectivity index (χ2v) is 6.79. The number of nitrogens with zero attached hydrogens (tertiary/aromatic N) is 2. The van der Waals surface area contributed by atoms with Crippen molar-refractivity contribution in [3.8, 4) is 0 Å². The Bertz CT molecular complexity index is 615. The molecular formula is C11H15N3O2S2. The summed E-state index contributed by atoms with van der Waals surface area (Å²) in [5.74, 6) is 0. The maximum atomic E-state index is 11.9. The Morgan fingerprint density at radius 1 is 1.50 bits per heavy atom. The van der Waals surface area contributed by atoms with Crippen LogP contribution in [0.1, 0.15) is 18.2 Å². The van der Waals surface area contributed by atoms with E-state index >= 15 is 0 Å². The molecule has 0 saturated heterocycles. The standard InChI is InChI=1S/C11H15N3O2S2/c1-3-14-8-10(9(2)13-14)7-12-18(15,16)11-5-4-6-17-11/h4-6,8,12H,3,7H2,1-2H3. The summed E-state index contributed by atoms with van der Waals surface area (Å²) in [7, 11) is -3.40. The molecule has 0 aliphatic carbocycles. The number of rotatable bonds is 5. The summed E-state index contributed by atoms with van der Waals surface area (Å²) in [4.78, 5) is 0. The van der Waals surface area contributed by atoms with Gasteiger partial charge in [-0.25, -0.2) is 13.1 Å². The SMILES string of the molecule is CCn1cc(CNS(=O)(=O)c2cccs2)c(C)n1. The van der Waals surface area contributed by atoms with Gasteiger partial charge in [-0.1, -0.05) is 6.07 Å². The van der Waals surface area contributed by atoms with E-state index in [2.05, 4.69) is 9.82 Å². The van der Waals surface area contributed by atoms with Gasteiger partial charge in [-0.15, -0.1) is 11.3 Å². The van der Waals surface area contributed by atoms with Crippen LogP contribution in [0.15, 0.2) is 27.9 Å². The zero-order valence-corrected chi connectivity index (χ0v) is 11.9. The number of aryl methyl sites for hydroxylation is 2. The molecule has 7 heteroatoms. The third-order valence-electron chi connectivity index (χ3n) is 2.58. The Balaban J connectivity index is 2.10. The molecule has 0 aromatic carbocycles. The number of hydrogen-bond donors (Lipinski definition) is 1. The molecule has 0 bridgehead atoms. The van der Waals surface area contributed by atoms with E-state index in [0.29, 0.717) is 4.21 Å². The van der Waals surface area contributed by atoms with E-state index in [1.54, 1.807) is 22.2 Å². The lowest BCUT2D eigenvalue weighted by Gasteiger charge is -2.03. The lowest BCUT2D eigenvalue weighted by atomic mass is 10.3. The molecule has 2 heterocycles. The smallest absolute Gasteiger partial charge is 0.250 e. The van der Waals surface area contributed by atoms with Crippen LogP contribution in [0.4, 0.5) is 0 Å². The van der Waals surface area contributed by atoms with Gasteiger partial charge in [-0.2, -0.15) is 5.10 Å². The Morgan fingerprint density at radius 3 is 2.83 bits per heavy atom. The Hall–Kier alpha value is -1.18. The van der Waals surface area contributed by atoms with Crippen LogP contribution >= 0.6 is 11.3 Å². The molecule has 0 radical (unpaired) electrons. The Morgan fingerprint density at radius 2 is 2.28 bits per heavy atom. The molecule has 0 aliphatic rings. The molecule has 0 spiro atoms. The summed E-state index contributed by atoms with van der Waals surface area (Å²) >= 11 is 1.21. The van der Waals surface area contributed by atoms with Crippen molar-refractivity contribution in [1.82, 2.24) is 14.5 Å². The summed E-state index contributed by atoms with van der Waals surface area (Å²) in [6.07, 6.45) is 1.87. The fourth-order valence-electron chi connectivity index (χ4n) is 1.55. The van der Waals surface area contributed by atoms with Gasteiger partial charge in [0.25, 0.3) is 0 Å². The maximum absolute atomic E-state index is 11.9. The number of hydrogen-bond acceptors (Lipinski definition) is 4. The molecular weight excluding hydrogens is 270 g/mol. The zero-order valence-electron chi connectivity index (χ0n) is 10.3. The van der Waals surface area contributed by atoms with Crippen LogP contribution in [0.5, 0.6) is 0 Å². The number of thiophene rings is 1. The molecule has 98 valence electrons. The minimum atomic E-state index is -3.40. The van der Waals surface area contributed by atoms with Crippen molar-refractivity contribution in [2.45, 2.75) is 31.1 Å². The second-order valence-electron chi connectivity index (χ2n) is 3.85. The first-order valence-electron chi connectivity index (χ1n) is 5.59. The highest BCUT2D eigenvalue weighted by Gasteiger charge is 2.15. The fourth-order valence-corrected chi connectivity index (χ4v) is 3.60. The van der Waals surface area contributed by atoms with Crippen molar-refractivity contribution in [3.05, 3.63) is 35.0 Å². The summed E-state index contributed by atoms with van der Waals surface area (Å²) in [5, 5.41) is 6.02. The fraction of sp³-hybridized carbons (Fsp3) is 0.364. The van der Waals surface area contributed by atoms with Gasteiger partial charge in [-0.05, 0) is 25.3 Å². The van der Waals surface area contributed by atoms with Crippen LogP contribution in [0.2, 0.25) is 0 Å². The summed E-state index contributed by atoms with van der Waals surface area (Å²) in [5.41, 5.74) is 1.75. The number of sulfonamides is 1. The molecule has 0 fully saturated rings. The molecule has 0 saturated carbocycles. The third-order valence-corrected chi connectivity index (χ3v) is 5.38. The van der Waals surface area contributed by atoms with Gasteiger partial charge in [0.05, 0.1) is 5.69 Å². The lowest BCUT2D eigenvalue weighted by Crippen LogP contribution is -2.22. The average molecular weight is 285 g/mol. The monoisotopic (exact) mass is 285 g/mol. The van der Waals surface area contributed by atoms with Gasteiger partial charge >= 0.3 is 0 Å². The highest BCUT2D eigenvalue weighted by Crippen LogP contribution is 2.16. The quantitative estimate of drug-likeness (QED) is 0.910. The predicted octanol–water partition coefficient (Wildman–Crippen LogP) is 1.75. The number of nitrogens with one attached hydrogen (secondary N) is 1. The molecule has 0 atom stereocenters. The van der Waals surface area contributed by atoms with Crippen molar-refractivity contribution in [2.75, 3.05) is 0 Å². The highest BCUT2D eigenvalue weighted by atomic mass is 32.2. The molecule has 2 aromatic rings. The van der Waals surface area contributed by atoms with Gasteiger partial charge in [0.2, 0.25) is 10.0 Å². The van der Waals surface area contributed by atoms with Crippen LogP contribution < -0.4 is 4.72 Å². The van der Waals surface area contributed by atoms with E-state index < -0.39 is 10.0 Å². The van der Waals surface area contributed by atoms with E-state index in [4.69, 9.17) is 0 Å². The molecule has 2 rings (SSSR count). The van der Waals surface area contributed by atoms with Gasteiger partial charge in [0.1, 0.15) is 4.21 Å². The van der Waals surface area contributed by atoms with E-state index in [-0.39, 0.29) is 6.54 Å². The summed E-state index contributed by atoms with van der Waals surface area (Å²) in [6, 6.07) is 3.31. The predicted molar refractivity (Wildman–Crippen MR) is 71.0 cm³/mol. The normalized spacial score (nSPS) is 11.9. The van der Waals surface area contributed by atoms with Crippen molar-refractivity contribution >= 4 is 21.4 Å². The van der Waals surface area contributed by atoms with Crippen molar-refractivity contribution < 1.29 is 8.42 Å². The van der Waals surface area contributed by atoms with Crippen molar-refractivity contribution in [3.63, 3.8) is 0 Å². The number of aromatic nitrogens is 2. The first-order chi connectivity index (χ1) is 8.53. The first kappa shape index (κ1) is 13.3. The topological polar surface area (TPSA) is 64.0 Å². The first-order valence-corrected chi connectivity index (χ1v) is 7.95. The zero-order chi connectivity index (χ0) is 13.2. The average Bonchev–Trinajstić information content (AvgIpc) is 2.96. The van der Waals surface area contributed by atoms with Gasteiger partial charge < -0.3 is 0 Å². The summed E-state index contributed by atoms with van der Waals surface area (Å²) in [6.45, 7) is 4.91. The van der Waals surface area contributed by atoms with Crippen LogP contribution in [-0.4, -0.2) is 18.2 Å². The van der Waals surface area contributed by atoms with Crippen LogP contribution in [-0.2, 0) is 23.1 Å². The minimum Gasteiger partial charge on any atom is -0.272 e. The molecule has 2 aromatic heterocycles. The van der Waals surface area contributed by atoms with E-state index in [1.165, 1.54) is 11.3 Å². The maximum Gasteiger partial charge on any atom is 0.250 e. The lowest BCUT2D eigenvalue weighted by molar-refractivity contribution is 0.583. The molecule has 0 aliphatic heterocycles. The van der Waals surface area contributed by atoms with E-state index in [9.17, 15) is 8.42 Å². The minimum absolute atomic E-state index is 0.270. The van der Waals surface area contributed by atoms with Crippen LogP contribution in [0, 0.1) is 6.92 Å². The molecule has 1 N–H and O–H groups in total. The third kappa shape index (κ3) is 2.80. The Kier molecular flexibility index (Phi) is 3.84. The molecule has 18 heavy (non-hydrogen) atoms. The molecule has 0 amide bonds. The largest absolute Gasteiger partial charge is 0.272 e.